The fourth-order valence-corrected chi connectivity index (χ4v) is 1.95. The van der Waals surface area contributed by atoms with Crippen molar-refractivity contribution in [3.8, 4) is 0 Å². The first kappa shape index (κ1) is 12.9. The molecule has 0 amide bonds. The predicted octanol–water partition coefficient (Wildman–Crippen LogP) is 2.83. The summed E-state index contributed by atoms with van der Waals surface area (Å²) in [4.78, 5) is 2.14. The van der Waals surface area contributed by atoms with E-state index in [2.05, 4.69) is 17.1 Å². The Kier molecular flexibility index (Phi) is 4.23. The third kappa shape index (κ3) is 3.03. The average molecular weight is 248 g/mol. The third-order valence-electron chi connectivity index (χ3n) is 3.08. The highest BCUT2D eigenvalue weighted by molar-refractivity contribution is 5.07. The van der Waals surface area contributed by atoms with Crippen LogP contribution in [0.25, 0.3) is 0 Å². The largest absolute Gasteiger partial charge is 0.468 e. The van der Waals surface area contributed by atoms with Gasteiger partial charge in [-0.05, 0) is 45.3 Å². The van der Waals surface area contributed by atoms with Crippen LogP contribution in [-0.2, 0) is 0 Å². The van der Waals surface area contributed by atoms with Crippen LogP contribution in [0.5, 0.6) is 0 Å². The lowest BCUT2D eigenvalue weighted by Gasteiger charge is -2.24. The Morgan fingerprint density at radius 1 is 1.11 bits per heavy atom. The normalized spacial score (nSPS) is 14.9. The van der Waals surface area contributed by atoms with E-state index < -0.39 is 0 Å². The van der Waals surface area contributed by atoms with Crippen LogP contribution in [0.3, 0.4) is 0 Å². The van der Waals surface area contributed by atoms with E-state index in [0.717, 1.165) is 18.1 Å². The highest BCUT2D eigenvalue weighted by Gasteiger charge is 2.18. The summed E-state index contributed by atoms with van der Waals surface area (Å²) in [7, 11) is 4.10. The minimum Gasteiger partial charge on any atom is -0.468 e. The molecule has 0 aliphatic heterocycles. The molecule has 2 aromatic rings. The Hall–Kier alpha value is -1.52. The van der Waals surface area contributed by atoms with E-state index >= 15 is 0 Å². The first-order chi connectivity index (χ1) is 8.68. The Balaban J connectivity index is 1.94. The van der Waals surface area contributed by atoms with Crippen LogP contribution in [0.2, 0.25) is 0 Å². The molecule has 0 spiro atoms. The number of nitrogens with zero attached hydrogens (tertiary/aromatic N) is 1. The van der Waals surface area contributed by atoms with E-state index in [0.29, 0.717) is 0 Å². The van der Waals surface area contributed by atoms with E-state index in [1.54, 1.807) is 12.5 Å². The van der Waals surface area contributed by atoms with Crippen LogP contribution < -0.4 is 5.32 Å². The topological polar surface area (TPSA) is 41.6 Å². The zero-order valence-corrected chi connectivity index (χ0v) is 11.1. The number of hydrogen-bond donors (Lipinski definition) is 1. The molecule has 2 rings (SSSR count). The van der Waals surface area contributed by atoms with Crippen molar-refractivity contribution in [3.05, 3.63) is 48.3 Å². The molecule has 18 heavy (non-hydrogen) atoms. The molecular formula is C14H20N2O2. The zero-order valence-electron chi connectivity index (χ0n) is 11.1. The van der Waals surface area contributed by atoms with Crippen LogP contribution in [0.4, 0.5) is 0 Å². The van der Waals surface area contributed by atoms with Crippen LogP contribution >= 0.6 is 0 Å². The van der Waals surface area contributed by atoms with Crippen molar-refractivity contribution in [2.75, 3.05) is 20.6 Å². The summed E-state index contributed by atoms with van der Waals surface area (Å²) >= 11 is 0. The lowest BCUT2D eigenvalue weighted by molar-refractivity contribution is 0.242. The molecule has 0 radical (unpaired) electrons. The maximum Gasteiger partial charge on any atom is 0.122 e. The van der Waals surface area contributed by atoms with E-state index in [-0.39, 0.29) is 12.1 Å². The number of likely N-dealkylation sites (N-methyl/N-ethyl adjacent to an activating group) is 1. The summed E-state index contributed by atoms with van der Waals surface area (Å²) < 4.78 is 10.9. The number of furan rings is 2. The minimum atomic E-state index is 0.192. The van der Waals surface area contributed by atoms with Gasteiger partial charge in [0.1, 0.15) is 11.5 Å². The van der Waals surface area contributed by atoms with Gasteiger partial charge < -0.3 is 14.2 Å². The summed E-state index contributed by atoms with van der Waals surface area (Å²) in [5.41, 5.74) is 0. The van der Waals surface area contributed by atoms with Crippen molar-refractivity contribution >= 4 is 0 Å². The minimum absolute atomic E-state index is 0.192. The molecule has 2 heterocycles. The smallest absolute Gasteiger partial charge is 0.122 e. The van der Waals surface area contributed by atoms with Gasteiger partial charge in [0, 0.05) is 6.54 Å². The van der Waals surface area contributed by atoms with Gasteiger partial charge in [-0.1, -0.05) is 0 Å². The Labute approximate surface area is 108 Å². The summed E-state index contributed by atoms with van der Waals surface area (Å²) in [5, 5.41) is 3.46. The van der Waals surface area contributed by atoms with Gasteiger partial charge in [-0.25, -0.2) is 0 Å². The fraction of sp³-hybridized carbons (Fsp3) is 0.429. The molecular weight excluding hydrogens is 228 g/mol. The number of rotatable bonds is 6. The quantitative estimate of drug-likeness (QED) is 0.853. The Morgan fingerprint density at radius 2 is 1.72 bits per heavy atom. The van der Waals surface area contributed by atoms with Gasteiger partial charge in [-0.2, -0.15) is 0 Å². The lowest BCUT2D eigenvalue weighted by Crippen LogP contribution is -2.32. The monoisotopic (exact) mass is 248 g/mol. The molecule has 0 saturated carbocycles. The van der Waals surface area contributed by atoms with Crippen molar-refractivity contribution in [2.45, 2.75) is 19.0 Å². The standard InChI is InChI=1S/C14H20N2O2/c1-11(13-6-4-8-17-13)15-10-12(16(2)3)14-7-5-9-18-14/h4-9,11-12,15H,10H2,1-3H3. The van der Waals surface area contributed by atoms with Crippen molar-refractivity contribution in [1.82, 2.24) is 10.2 Å². The van der Waals surface area contributed by atoms with Gasteiger partial charge in [0.25, 0.3) is 0 Å². The zero-order chi connectivity index (χ0) is 13.0. The molecule has 2 unspecified atom stereocenters. The summed E-state index contributed by atoms with van der Waals surface area (Å²) in [5.74, 6) is 1.92. The summed E-state index contributed by atoms with van der Waals surface area (Å²) in [6.45, 7) is 2.90. The second-order valence-electron chi connectivity index (χ2n) is 4.64. The van der Waals surface area contributed by atoms with Crippen molar-refractivity contribution in [2.24, 2.45) is 0 Å². The van der Waals surface area contributed by atoms with Gasteiger partial charge in [0.05, 0.1) is 24.6 Å². The van der Waals surface area contributed by atoms with Crippen molar-refractivity contribution < 1.29 is 8.83 Å². The molecule has 4 nitrogen and oxygen atoms in total. The molecule has 0 aromatic carbocycles. The van der Waals surface area contributed by atoms with Gasteiger partial charge in [-0.3, -0.25) is 4.90 Å². The lowest BCUT2D eigenvalue weighted by atomic mass is 10.2. The average Bonchev–Trinajstić information content (AvgIpc) is 3.01. The molecule has 0 fully saturated rings. The van der Waals surface area contributed by atoms with Crippen LogP contribution in [0.1, 0.15) is 30.5 Å². The molecule has 98 valence electrons. The van der Waals surface area contributed by atoms with Crippen LogP contribution in [0.15, 0.2) is 45.6 Å². The maximum absolute atomic E-state index is 5.47. The highest BCUT2D eigenvalue weighted by Crippen LogP contribution is 2.19. The summed E-state index contributed by atoms with van der Waals surface area (Å²) in [6.07, 6.45) is 3.41. The summed E-state index contributed by atoms with van der Waals surface area (Å²) in [6, 6.07) is 8.22. The van der Waals surface area contributed by atoms with Crippen molar-refractivity contribution in [1.29, 1.82) is 0 Å². The molecule has 0 aliphatic carbocycles. The highest BCUT2D eigenvalue weighted by atomic mass is 16.3. The SMILES string of the molecule is CC(NCC(c1ccco1)N(C)C)c1ccco1. The molecule has 1 N–H and O–H groups in total. The number of nitrogens with one attached hydrogen (secondary N) is 1. The first-order valence-electron chi connectivity index (χ1n) is 6.15. The third-order valence-corrected chi connectivity index (χ3v) is 3.08. The second-order valence-corrected chi connectivity index (χ2v) is 4.64. The van der Waals surface area contributed by atoms with E-state index in [4.69, 9.17) is 8.83 Å². The maximum atomic E-state index is 5.47. The van der Waals surface area contributed by atoms with E-state index in [9.17, 15) is 0 Å². The number of hydrogen-bond acceptors (Lipinski definition) is 4. The van der Waals surface area contributed by atoms with Gasteiger partial charge in [0.15, 0.2) is 0 Å². The van der Waals surface area contributed by atoms with Crippen LogP contribution in [-0.4, -0.2) is 25.5 Å². The molecule has 0 saturated heterocycles. The molecule has 0 bridgehead atoms. The Bertz CT molecular complexity index is 434. The van der Waals surface area contributed by atoms with Gasteiger partial charge in [-0.15, -0.1) is 0 Å². The van der Waals surface area contributed by atoms with E-state index in [1.165, 1.54) is 0 Å². The van der Waals surface area contributed by atoms with Gasteiger partial charge in [0.2, 0.25) is 0 Å². The van der Waals surface area contributed by atoms with Crippen LogP contribution in [0, 0.1) is 0 Å². The Morgan fingerprint density at radius 3 is 2.22 bits per heavy atom. The van der Waals surface area contributed by atoms with Gasteiger partial charge >= 0.3 is 0 Å². The molecule has 2 atom stereocenters. The first-order valence-corrected chi connectivity index (χ1v) is 6.15. The van der Waals surface area contributed by atoms with E-state index in [1.807, 2.05) is 38.4 Å². The molecule has 4 heteroatoms. The molecule has 0 aliphatic rings. The predicted molar refractivity (Wildman–Crippen MR) is 70.3 cm³/mol. The van der Waals surface area contributed by atoms with Crippen molar-refractivity contribution in [3.63, 3.8) is 0 Å². The molecule has 2 aromatic heterocycles. The fourth-order valence-electron chi connectivity index (χ4n) is 1.95. The second kappa shape index (κ2) is 5.89.